The molecule has 1 aromatic carbocycles. The Kier molecular flexibility index (Phi) is 2.75. The van der Waals surface area contributed by atoms with Crippen LogP contribution >= 0.6 is 0 Å². The summed E-state index contributed by atoms with van der Waals surface area (Å²) in [6.07, 6.45) is 0. The molecule has 1 aliphatic heterocycles. The third-order valence-corrected chi connectivity index (χ3v) is 2.82. The van der Waals surface area contributed by atoms with Crippen molar-refractivity contribution in [2.45, 2.75) is 19.9 Å². The van der Waals surface area contributed by atoms with Crippen LogP contribution in [0.1, 0.15) is 24.2 Å². The number of nitrogens with one attached hydrogen (secondary N) is 2. The molecule has 17 heavy (non-hydrogen) atoms. The molecule has 1 heterocycles. The molecule has 0 saturated heterocycles. The summed E-state index contributed by atoms with van der Waals surface area (Å²) in [5, 5.41) is 5.42. The third-order valence-electron chi connectivity index (χ3n) is 2.82. The van der Waals surface area contributed by atoms with Crippen LogP contribution in [0, 0.1) is 5.92 Å². The molecule has 0 radical (unpaired) electrons. The highest BCUT2D eigenvalue weighted by Crippen LogP contribution is 2.25. The molecule has 90 valence electrons. The fourth-order valence-corrected chi connectivity index (χ4v) is 1.89. The first-order valence-electron chi connectivity index (χ1n) is 5.51. The second kappa shape index (κ2) is 4.08. The number of hydrogen-bond acceptors (Lipinski definition) is 3. The number of nitrogen functional groups attached to an aromatic ring is 1. The first-order chi connectivity index (χ1) is 8.00. The van der Waals surface area contributed by atoms with E-state index >= 15 is 0 Å². The molecule has 1 aliphatic rings. The Balaban J connectivity index is 2.47. The lowest BCUT2D eigenvalue weighted by Gasteiger charge is -2.17. The minimum absolute atomic E-state index is 0.0227. The summed E-state index contributed by atoms with van der Waals surface area (Å²) in [5.41, 5.74) is 6.93. The molecule has 1 unspecified atom stereocenters. The van der Waals surface area contributed by atoms with Crippen LogP contribution in [-0.2, 0) is 4.79 Å². The molecule has 0 aliphatic carbocycles. The average Bonchev–Trinajstić information content (AvgIpc) is 2.36. The van der Waals surface area contributed by atoms with Crippen molar-refractivity contribution in [2.75, 3.05) is 11.1 Å². The SMILES string of the molecule is CC(C)C1NC(=O)c2c(N)cccc2NC1=O. The van der Waals surface area contributed by atoms with Crippen LogP contribution in [0.4, 0.5) is 11.4 Å². The molecule has 0 bridgehead atoms. The molecular formula is C12H15N3O2. The van der Waals surface area contributed by atoms with E-state index < -0.39 is 6.04 Å². The van der Waals surface area contributed by atoms with E-state index in [4.69, 9.17) is 5.73 Å². The number of nitrogens with two attached hydrogens (primary N) is 1. The molecule has 5 heteroatoms. The molecule has 0 spiro atoms. The minimum atomic E-state index is -0.533. The van der Waals surface area contributed by atoms with Gasteiger partial charge in [-0.15, -0.1) is 0 Å². The van der Waals surface area contributed by atoms with Gasteiger partial charge in [-0.25, -0.2) is 0 Å². The molecule has 2 rings (SSSR count). The molecule has 0 aromatic heterocycles. The van der Waals surface area contributed by atoms with E-state index in [1.165, 1.54) is 0 Å². The molecule has 2 amide bonds. The number of amides is 2. The lowest BCUT2D eigenvalue weighted by Crippen LogP contribution is -2.44. The van der Waals surface area contributed by atoms with Crippen LogP contribution in [0.3, 0.4) is 0 Å². The number of fused-ring (bicyclic) bond motifs is 1. The van der Waals surface area contributed by atoms with E-state index in [1.54, 1.807) is 18.2 Å². The maximum Gasteiger partial charge on any atom is 0.256 e. The molecule has 0 fully saturated rings. The van der Waals surface area contributed by atoms with Crippen molar-refractivity contribution in [2.24, 2.45) is 5.92 Å². The van der Waals surface area contributed by atoms with Crippen molar-refractivity contribution in [1.29, 1.82) is 0 Å². The second-order valence-corrected chi connectivity index (χ2v) is 4.45. The number of carbonyl (C=O) groups excluding carboxylic acids is 2. The average molecular weight is 233 g/mol. The van der Waals surface area contributed by atoms with Gasteiger partial charge in [0.1, 0.15) is 6.04 Å². The molecule has 1 aromatic rings. The van der Waals surface area contributed by atoms with Crippen molar-refractivity contribution in [3.63, 3.8) is 0 Å². The van der Waals surface area contributed by atoms with E-state index in [2.05, 4.69) is 10.6 Å². The summed E-state index contributed by atoms with van der Waals surface area (Å²) in [6.45, 7) is 3.76. The zero-order valence-corrected chi connectivity index (χ0v) is 9.78. The van der Waals surface area contributed by atoms with Gasteiger partial charge in [0.15, 0.2) is 0 Å². The summed E-state index contributed by atoms with van der Waals surface area (Å²) in [6, 6.07) is 4.48. The lowest BCUT2D eigenvalue weighted by atomic mass is 10.0. The summed E-state index contributed by atoms with van der Waals surface area (Å²) in [5.74, 6) is -0.498. The number of hydrogen-bond donors (Lipinski definition) is 3. The summed E-state index contributed by atoms with van der Waals surface area (Å²) < 4.78 is 0. The van der Waals surface area contributed by atoms with E-state index in [-0.39, 0.29) is 17.7 Å². The van der Waals surface area contributed by atoms with Crippen LogP contribution in [0.15, 0.2) is 18.2 Å². The maximum atomic E-state index is 12.0. The Morgan fingerprint density at radius 1 is 1.29 bits per heavy atom. The van der Waals surface area contributed by atoms with Gasteiger partial charge in [0, 0.05) is 5.69 Å². The van der Waals surface area contributed by atoms with Gasteiger partial charge in [-0.2, -0.15) is 0 Å². The van der Waals surface area contributed by atoms with Gasteiger partial charge in [-0.1, -0.05) is 19.9 Å². The third kappa shape index (κ3) is 1.95. The van der Waals surface area contributed by atoms with Gasteiger partial charge in [0.05, 0.1) is 11.3 Å². The van der Waals surface area contributed by atoms with Crippen molar-refractivity contribution < 1.29 is 9.59 Å². The predicted molar refractivity (Wildman–Crippen MR) is 65.6 cm³/mol. The molecule has 1 atom stereocenters. The van der Waals surface area contributed by atoms with Crippen LogP contribution in [0.5, 0.6) is 0 Å². The molecule has 5 nitrogen and oxygen atoms in total. The topological polar surface area (TPSA) is 84.2 Å². The number of anilines is 2. The summed E-state index contributed by atoms with van der Waals surface area (Å²) in [4.78, 5) is 23.9. The van der Waals surface area contributed by atoms with Crippen molar-refractivity contribution in [3.05, 3.63) is 23.8 Å². The van der Waals surface area contributed by atoms with Crippen molar-refractivity contribution >= 4 is 23.2 Å². The predicted octanol–water partition coefficient (Wildman–Crippen LogP) is 0.975. The Hall–Kier alpha value is -2.04. The van der Waals surface area contributed by atoms with Crippen LogP contribution in [0.25, 0.3) is 0 Å². The Labute approximate surface area is 99.4 Å². The van der Waals surface area contributed by atoms with Crippen LogP contribution in [-0.4, -0.2) is 17.9 Å². The summed E-state index contributed by atoms with van der Waals surface area (Å²) >= 11 is 0. The normalized spacial score (nSPS) is 19.4. The lowest BCUT2D eigenvalue weighted by molar-refractivity contribution is -0.118. The van der Waals surface area contributed by atoms with Crippen molar-refractivity contribution in [1.82, 2.24) is 5.32 Å². The number of benzene rings is 1. The molecular weight excluding hydrogens is 218 g/mol. The second-order valence-electron chi connectivity index (χ2n) is 4.45. The monoisotopic (exact) mass is 233 g/mol. The first kappa shape index (κ1) is 11.4. The smallest absolute Gasteiger partial charge is 0.256 e. The highest BCUT2D eigenvalue weighted by molar-refractivity contribution is 6.12. The van der Waals surface area contributed by atoms with Gasteiger partial charge in [-0.3, -0.25) is 9.59 Å². The van der Waals surface area contributed by atoms with E-state index in [1.807, 2.05) is 13.8 Å². The summed E-state index contributed by atoms with van der Waals surface area (Å²) in [7, 11) is 0. The fraction of sp³-hybridized carbons (Fsp3) is 0.333. The Morgan fingerprint density at radius 3 is 2.65 bits per heavy atom. The highest BCUT2D eigenvalue weighted by atomic mass is 16.2. The Morgan fingerprint density at radius 2 is 2.00 bits per heavy atom. The van der Waals surface area contributed by atoms with Gasteiger partial charge in [0.25, 0.3) is 5.91 Å². The fourth-order valence-electron chi connectivity index (χ4n) is 1.89. The first-order valence-corrected chi connectivity index (χ1v) is 5.51. The largest absolute Gasteiger partial charge is 0.398 e. The van der Waals surface area contributed by atoms with E-state index in [0.29, 0.717) is 16.9 Å². The van der Waals surface area contributed by atoms with E-state index in [9.17, 15) is 9.59 Å². The van der Waals surface area contributed by atoms with Gasteiger partial charge < -0.3 is 16.4 Å². The van der Waals surface area contributed by atoms with Crippen LogP contribution < -0.4 is 16.4 Å². The minimum Gasteiger partial charge on any atom is -0.398 e. The molecule has 4 N–H and O–H groups in total. The quantitative estimate of drug-likeness (QED) is 0.632. The zero-order chi connectivity index (χ0) is 12.6. The van der Waals surface area contributed by atoms with Gasteiger partial charge in [0.2, 0.25) is 5.91 Å². The standard InChI is InChI=1S/C12H15N3O2/c1-6(2)10-12(17)14-8-5-3-4-7(13)9(8)11(16)15-10/h3-6,10H,13H2,1-2H3,(H,14,17)(H,15,16). The number of carbonyl (C=O) groups is 2. The van der Waals surface area contributed by atoms with Gasteiger partial charge in [-0.05, 0) is 18.1 Å². The Bertz CT molecular complexity index is 483. The molecule has 0 saturated carbocycles. The highest BCUT2D eigenvalue weighted by Gasteiger charge is 2.30. The number of rotatable bonds is 1. The van der Waals surface area contributed by atoms with Crippen molar-refractivity contribution in [3.8, 4) is 0 Å². The maximum absolute atomic E-state index is 12.0. The van der Waals surface area contributed by atoms with Crippen LogP contribution in [0.2, 0.25) is 0 Å². The van der Waals surface area contributed by atoms with E-state index in [0.717, 1.165) is 0 Å². The van der Waals surface area contributed by atoms with Gasteiger partial charge >= 0.3 is 0 Å². The zero-order valence-electron chi connectivity index (χ0n) is 9.78.